The van der Waals surface area contributed by atoms with Gasteiger partial charge in [0.25, 0.3) is 18.8 Å². The highest BCUT2D eigenvalue weighted by Gasteiger charge is 2.48. The molecule has 36 heavy (non-hydrogen) atoms. The Bertz CT molecular complexity index is 1230. The number of nitrogens with one attached hydrogen (secondary N) is 1. The first kappa shape index (κ1) is 26.2. The van der Waals surface area contributed by atoms with Crippen LogP contribution in [0.25, 0.3) is 10.9 Å². The molecule has 2 fully saturated rings. The molecule has 194 valence electrons. The normalized spacial score (nSPS) is 17.6. The van der Waals surface area contributed by atoms with Gasteiger partial charge in [0, 0.05) is 30.9 Å². The van der Waals surface area contributed by atoms with Crippen molar-refractivity contribution in [2.75, 3.05) is 18.5 Å². The van der Waals surface area contributed by atoms with Crippen molar-refractivity contribution in [1.82, 2.24) is 14.8 Å². The summed E-state index contributed by atoms with van der Waals surface area (Å²) in [5.41, 5.74) is -1.65. The number of nitrogens with zero attached hydrogens (tertiary/aromatic N) is 3. The van der Waals surface area contributed by atoms with E-state index >= 15 is 0 Å². The standard InChI is InChI=1S/C24H24F4N4O3.ClH/c25-21(26)17-3-1-4-20(29-17)30-22(33)16-11-14-13-32(15-5-9-34-10-6-15)31-18(14)12-19(16)35-24(23(27)28)7-2-8-24;/h1,3-4,11-13,15,21,23H,2,5-10H2,(H,29,30,33);1H. The van der Waals surface area contributed by atoms with Crippen LogP contribution >= 0.6 is 12.4 Å². The molecule has 3 heterocycles. The van der Waals surface area contributed by atoms with Gasteiger partial charge in [-0.1, -0.05) is 6.07 Å². The average molecular weight is 529 g/mol. The number of carbonyl (C=O) groups excluding carboxylic acids is 1. The molecule has 0 atom stereocenters. The van der Waals surface area contributed by atoms with E-state index in [-0.39, 0.29) is 48.4 Å². The molecule has 0 unspecified atom stereocenters. The highest BCUT2D eigenvalue weighted by atomic mass is 35.5. The number of amides is 1. The largest absolute Gasteiger partial charge is 0.480 e. The van der Waals surface area contributed by atoms with Crippen molar-refractivity contribution in [3.8, 4) is 5.75 Å². The van der Waals surface area contributed by atoms with Crippen LogP contribution in [0.4, 0.5) is 23.4 Å². The van der Waals surface area contributed by atoms with Gasteiger partial charge in [-0.2, -0.15) is 5.10 Å². The maximum atomic E-state index is 13.8. The summed E-state index contributed by atoms with van der Waals surface area (Å²) in [5, 5.41) is 7.71. The van der Waals surface area contributed by atoms with Crippen LogP contribution in [0.15, 0.2) is 36.5 Å². The van der Waals surface area contributed by atoms with E-state index in [9.17, 15) is 22.4 Å². The summed E-state index contributed by atoms with van der Waals surface area (Å²) in [5.74, 6) is -0.815. The molecule has 0 radical (unpaired) electrons. The molecule has 7 nitrogen and oxygen atoms in total. The zero-order chi connectivity index (χ0) is 24.6. The number of hydrogen-bond acceptors (Lipinski definition) is 5. The molecule has 0 spiro atoms. The third kappa shape index (κ3) is 5.12. The Kier molecular flexibility index (Phi) is 7.70. The summed E-state index contributed by atoms with van der Waals surface area (Å²) >= 11 is 0. The first-order chi connectivity index (χ1) is 16.8. The van der Waals surface area contributed by atoms with Crippen molar-refractivity contribution in [2.24, 2.45) is 0 Å². The molecule has 1 amide bonds. The maximum absolute atomic E-state index is 13.8. The Labute approximate surface area is 210 Å². The van der Waals surface area contributed by atoms with E-state index < -0.39 is 30.1 Å². The molecule has 12 heteroatoms. The van der Waals surface area contributed by atoms with Crippen molar-refractivity contribution in [3.05, 3.63) is 47.8 Å². The Morgan fingerprint density at radius 3 is 2.56 bits per heavy atom. The van der Waals surface area contributed by atoms with E-state index in [1.807, 2.05) is 0 Å². The molecule has 1 aliphatic carbocycles. The number of aromatic nitrogens is 3. The van der Waals surface area contributed by atoms with Crippen LogP contribution in [0.2, 0.25) is 0 Å². The third-order valence-electron chi connectivity index (χ3n) is 6.58. The number of ether oxygens (including phenoxy) is 2. The Morgan fingerprint density at radius 2 is 1.92 bits per heavy atom. The van der Waals surface area contributed by atoms with Crippen molar-refractivity contribution in [3.63, 3.8) is 0 Å². The molecule has 1 N–H and O–H groups in total. The van der Waals surface area contributed by atoms with E-state index in [1.54, 1.807) is 10.9 Å². The molecule has 5 rings (SSSR count). The Balaban J connectivity index is 0.00000304. The fourth-order valence-corrected chi connectivity index (χ4v) is 4.41. The number of hydrogen-bond donors (Lipinski definition) is 1. The van der Waals surface area contributed by atoms with Gasteiger partial charge in [-0.3, -0.25) is 9.48 Å². The second-order valence-corrected chi connectivity index (χ2v) is 8.88. The summed E-state index contributed by atoms with van der Waals surface area (Å²) < 4.78 is 66.7. The van der Waals surface area contributed by atoms with E-state index in [0.717, 1.165) is 18.9 Å². The minimum absolute atomic E-state index is 0. The number of fused-ring (bicyclic) bond motifs is 1. The zero-order valence-electron chi connectivity index (χ0n) is 19.1. The Morgan fingerprint density at radius 1 is 1.17 bits per heavy atom. The summed E-state index contributed by atoms with van der Waals surface area (Å²) in [7, 11) is 0. The quantitative estimate of drug-likeness (QED) is 0.383. The monoisotopic (exact) mass is 528 g/mol. The number of pyridine rings is 1. The highest BCUT2D eigenvalue weighted by Crippen LogP contribution is 2.43. The smallest absolute Gasteiger partial charge is 0.280 e. The van der Waals surface area contributed by atoms with Crippen molar-refractivity contribution in [1.29, 1.82) is 0 Å². The molecule has 3 aromatic rings. The second kappa shape index (κ2) is 10.6. The first-order valence-corrected chi connectivity index (χ1v) is 11.5. The number of alkyl halides is 4. The van der Waals surface area contributed by atoms with Gasteiger partial charge in [-0.05, 0) is 50.3 Å². The van der Waals surface area contributed by atoms with E-state index in [2.05, 4.69) is 15.4 Å². The fraction of sp³-hybridized carbons (Fsp3) is 0.458. The summed E-state index contributed by atoms with van der Waals surface area (Å²) in [6, 6.07) is 7.01. The first-order valence-electron chi connectivity index (χ1n) is 11.5. The van der Waals surface area contributed by atoms with E-state index in [1.165, 1.54) is 24.3 Å². The van der Waals surface area contributed by atoms with Crippen molar-refractivity contribution in [2.45, 2.75) is 56.6 Å². The topological polar surface area (TPSA) is 78.3 Å². The van der Waals surface area contributed by atoms with Gasteiger partial charge in [0.15, 0.2) is 5.60 Å². The average Bonchev–Trinajstić information content (AvgIpc) is 3.24. The van der Waals surface area contributed by atoms with Crippen LogP contribution in [0.1, 0.15) is 60.6 Å². The summed E-state index contributed by atoms with van der Waals surface area (Å²) in [6.45, 7) is 1.23. The molecule has 1 saturated carbocycles. The number of benzene rings is 1. The SMILES string of the molecule is Cl.O=C(Nc1cccc(C(F)F)n1)c1cc2cn(C3CCOCC3)nc2cc1OC1(C(F)F)CCC1. The number of carbonyl (C=O) groups is 1. The van der Waals surface area contributed by atoms with Crippen LogP contribution in [0.5, 0.6) is 5.75 Å². The zero-order valence-corrected chi connectivity index (χ0v) is 19.9. The molecular formula is C24H25ClF4N4O3. The van der Waals surface area contributed by atoms with Gasteiger partial charge < -0.3 is 14.8 Å². The molecule has 1 saturated heterocycles. The van der Waals surface area contributed by atoms with Gasteiger partial charge >= 0.3 is 0 Å². The highest BCUT2D eigenvalue weighted by molar-refractivity contribution is 6.08. The van der Waals surface area contributed by atoms with Crippen molar-refractivity contribution >= 4 is 35.0 Å². The van der Waals surface area contributed by atoms with Crippen LogP contribution in [-0.4, -0.2) is 45.9 Å². The van der Waals surface area contributed by atoms with Crippen LogP contribution in [0, 0.1) is 0 Å². The van der Waals surface area contributed by atoms with Crippen LogP contribution in [-0.2, 0) is 4.74 Å². The minimum Gasteiger partial charge on any atom is -0.480 e. The number of rotatable bonds is 7. The molecule has 2 aromatic heterocycles. The molecular weight excluding hydrogens is 504 g/mol. The third-order valence-corrected chi connectivity index (χ3v) is 6.58. The van der Waals surface area contributed by atoms with Crippen LogP contribution < -0.4 is 10.1 Å². The summed E-state index contributed by atoms with van der Waals surface area (Å²) in [4.78, 5) is 16.9. The summed E-state index contributed by atoms with van der Waals surface area (Å²) in [6.07, 6.45) is -1.24. The lowest BCUT2D eigenvalue weighted by molar-refractivity contribution is -0.124. The number of anilines is 1. The van der Waals surface area contributed by atoms with Gasteiger partial charge in [0.05, 0.1) is 17.1 Å². The minimum atomic E-state index is -2.80. The van der Waals surface area contributed by atoms with Gasteiger partial charge in [0.2, 0.25) is 0 Å². The van der Waals surface area contributed by atoms with Gasteiger partial charge in [-0.15, -0.1) is 12.4 Å². The number of halogens is 5. The molecule has 1 aliphatic heterocycles. The van der Waals surface area contributed by atoms with Crippen molar-refractivity contribution < 1.29 is 31.8 Å². The van der Waals surface area contributed by atoms with Gasteiger partial charge in [0.1, 0.15) is 17.3 Å². The lowest BCUT2D eigenvalue weighted by atomic mass is 9.80. The molecule has 2 aliphatic rings. The Hall–Kier alpha value is -2.92. The molecule has 1 aromatic carbocycles. The predicted molar refractivity (Wildman–Crippen MR) is 126 cm³/mol. The second-order valence-electron chi connectivity index (χ2n) is 8.88. The van der Waals surface area contributed by atoms with Crippen LogP contribution in [0.3, 0.4) is 0 Å². The lowest BCUT2D eigenvalue weighted by Crippen LogP contribution is -2.50. The van der Waals surface area contributed by atoms with Gasteiger partial charge in [-0.25, -0.2) is 22.5 Å². The van der Waals surface area contributed by atoms with E-state index in [4.69, 9.17) is 9.47 Å². The molecule has 0 bridgehead atoms. The maximum Gasteiger partial charge on any atom is 0.280 e. The van der Waals surface area contributed by atoms with E-state index in [0.29, 0.717) is 30.5 Å². The lowest BCUT2D eigenvalue weighted by Gasteiger charge is -2.41. The predicted octanol–water partition coefficient (Wildman–Crippen LogP) is 5.96. The fourth-order valence-electron chi connectivity index (χ4n) is 4.41.